The highest BCUT2D eigenvalue weighted by Gasteiger charge is 2.10. The smallest absolute Gasteiger partial charge is 0.182 e. The van der Waals surface area contributed by atoms with Crippen molar-refractivity contribution >= 4 is 0 Å². The van der Waals surface area contributed by atoms with Gasteiger partial charge in [0.1, 0.15) is 0 Å². The maximum absolute atomic E-state index is 13.0. The molecule has 1 heterocycles. The minimum absolute atomic E-state index is 0.363. The summed E-state index contributed by atoms with van der Waals surface area (Å²) in [5.41, 5.74) is 5.78. The molecule has 0 saturated carbocycles. The molecule has 0 radical (unpaired) electrons. The molecule has 2 N–H and O–H groups in total. The Balaban J connectivity index is 2.42. The summed E-state index contributed by atoms with van der Waals surface area (Å²) in [5.74, 6) is -1.47. The Bertz CT molecular complexity index is 496. The van der Waals surface area contributed by atoms with E-state index in [-0.39, 0.29) is 0 Å². The van der Waals surface area contributed by atoms with Crippen LogP contribution in [-0.2, 0) is 6.54 Å². The fourth-order valence-electron chi connectivity index (χ4n) is 1.32. The molecule has 0 spiro atoms. The van der Waals surface area contributed by atoms with Crippen molar-refractivity contribution in [2.75, 3.05) is 6.54 Å². The topological polar surface area (TPSA) is 69.6 Å². The van der Waals surface area contributed by atoms with Crippen molar-refractivity contribution in [1.82, 2.24) is 20.2 Å². The van der Waals surface area contributed by atoms with Gasteiger partial charge in [0.05, 0.1) is 6.54 Å². The number of nitrogens with zero attached hydrogens (tertiary/aromatic N) is 4. The molecule has 2 rings (SSSR count). The quantitative estimate of drug-likeness (QED) is 0.829. The van der Waals surface area contributed by atoms with Gasteiger partial charge in [0.2, 0.25) is 0 Å². The molecular weight excluding hydrogens is 216 g/mol. The molecule has 5 nitrogen and oxygen atoms in total. The van der Waals surface area contributed by atoms with E-state index in [0.717, 1.165) is 12.1 Å². The van der Waals surface area contributed by atoms with Crippen molar-refractivity contribution in [3.8, 4) is 11.4 Å². The van der Waals surface area contributed by atoms with Gasteiger partial charge in [0.15, 0.2) is 17.5 Å². The molecule has 0 aliphatic carbocycles. The van der Waals surface area contributed by atoms with Gasteiger partial charge in [-0.15, -0.1) is 5.10 Å². The Hall–Kier alpha value is -1.89. The van der Waals surface area contributed by atoms with E-state index in [9.17, 15) is 8.78 Å². The molecule has 84 valence electrons. The lowest BCUT2D eigenvalue weighted by molar-refractivity contribution is 0.508. The van der Waals surface area contributed by atoms with E-state index < -0.39 is 11.6 Å². The number of benzene rings is 1. The average molecular weight is 225 g/mol. The summed E-state index contributed by atoms with van der Waals surface area (Å²) >= 11 is 0. The van der Waals surface area contributed by atoms with E-state index in [4.69, 9.17) is 5.73 Å². The number of hydrogen-bond acceptors (Lipinski definition) is 4. The predicted molar refractivity (Wildman–Crippen MR) is 52.2 cm³/mol. The van der Waals surface area contributed by atoms with Crippen LogP contribution in [0.5, 0.6) is 0 Å². The van der Waals surface area contributed by atoms with Crippen LogP contribution in [0, 0.1) is 11.6 Å². The molecule has 0 atom stereocenters. The average Bonchev–Trinajstić information content (AvgIpc) is 2.71. The highest BCUT2D eigenvalue weighted by molar-refractivity contribution is 5.54. The standard InChI is InChI=1S/C9H9F2N5/c10-7-2-1-6(5-8(7)11)9-13-14-15-16(9)4-3-12/h1-2,5H,3-4,12H2. The largest absolute Gasteiger partial charge is 0.329 e. The van der Waals surface area contributed by atoms with Crippen LogP contribution in [0.2, 0.25) is 0 Å². The third-order valence-electron chi connectivity index (χ3n) is 2.05. The minimum atomic E-state index is -0.931. The van der Waals surface area contributed by atoms with Crippen LogP contribution in [0.3, 0.4) is 0 Å². The summed E-state index contributed by atoms with van der Waals surface area (Å²) in [4.78, 5) is 0. The van der Waals surface area contributed by atoms with E-state index in [0.29, 0.717) is 24.5 Å². The first kappa shape index (κ1) is 10.6. The summed E-state index contributed by atoms with van der Waals surface area (Å²) < 4.78 is 27.2. The number of tetrazole rings is 1. The Morgan fingerprint density at radius 1 is 1.25 bits per heavy atom. The predicted octanol–water partition coefficient (Wildman–Crippen LogP) is 0.577. The number of aromatic nitrogens is 4. The molecule has 16 heavy (non-hydrogen) atoms. The van der Waals surface area contributed by atoms with Gasteiger partial charge in [-0.25, -0.2) is 13.5 Å². The highest BCUT2D eigenvalue weighted by atomic mass is 19.2. The molecular formula is C9H9F2N5. The number of hydrogen-bond donors (Lipinski definition) is 1. The third kappa shape index (κ3) is 1.89. The molecule has 2 aromatic rings. The van der Waals surface area contributed by atoms with Gasteiger partial charge in [0, 0.05) is 12.1 Å². The van der Waals surface area contributed by atoms with Crippen molar-refractivity contribution in [2.45, 2.75) is 6.54 Å². The van der Waals surface area contributed by atoms with Crippen LogP contribution in [-0.4, -0.2) is 26.8 Å². The second-order valence-electron chi connectivity index (χ2n) is 3.14. The van der Waals surface area contributed by atoms with E-state index in [1.807, 2.05) is 0 Å². The fraction of sp³-hybridized carbons (Fsp3) is 0.222. The molecule has 0 saturated heterocycles. The zero-order valence-electron chi connectivity index (χ0n) is 8.27. The zero-order valence-corrected chi connectivity index (χ0v) is 8.27. The van der Waals surface area contributed by atoms with Gasteiger partial charge in [-0.3, -0.25) is 0 Å². The maximum atomic E-state index is 13.0. The SMILES string of the molecule is NCCn1nnnc1-c1ccc(F)c(F)c1. The summed E-state index contributed by atoms with van der Waals surface area (Å²) in [6.45, 7) is 0.781. The van der Waals surface area contributed by atoms with E-state index in [1.54, 1.807) is 0 Å². The molecule has 0 aliphatic rings. The first-order chi connectivity index (χ1) is 7.72. The monoisotopic (exact) mass is 225 g/mol. The third-order valence-corrected chi connectivity index (χ3v) is 2.05. The van der Waals surface area contributed by atoms with Crippen LogP contribution in [0.1, 0.15) is 0 Å². The molecule has 0 fully saturated rings. The van der Waals surface area contributed by atoms with Gasteiger partial charge in [-0.1, -0.05) is 0 Å². The Morgan fingerprint density at radius 2 is 2.06 bits per heavy atom. The van der Waals surface area contributed by atoms with Crippen LogP contribution >= 0.6 is 0 Å². The van der Waals surface area contributed by atoms with E-state index in [2.05, 4.69) is 15.5 Å². The molecule has 0 amide bonds. The van der Waals surface area contributed by atoms with E-state index >= 15 is 0 Å². The Morgan fingerprint density at radius 3 is 2.75 bits per heavy atom. The maximum Gasteiger partial charge on any atom is 0.182 e. The molecule has 1 aromatic heterocycles. The Labute approximate surface area is 89.9 Å². The summed E-state index contributed by atoms with van der Waals surface area (Å²) in [6.07, 6.45) is 0. The second-order valence-corrected chi connectivity index (χ2v) is 3.14. The molecule has 0 aliphatic heterocycles. The Kier molecular flexibility index (Phi) is 2.86. The second kappa shape index (κ2) is 4.31. The first-order valence-corrected chi connectivity index (χ1v) is 4.64. The summed E-state index contributed by atoms with van der Waals surface area (Å²) in [6, 6.07) is 3.50. The summed E-state index contributed by atoms with van der Waals surface area (Å²) in [7, 11) is 0. The van der Waals surface area contributed by atoms with Crippen LogP contribution < -0.4 is 5.73 Å². The number of halogens is 2. The van der Waals surface area contributed by atoms with Gasteiger partial charge in [0.25, 0.3) is 0 Å². The fourth-order valence-corrected chi connectivity index (χ4v) is 1.32. The van der Waals surface area contributed by atoms with Gasteiger partial charge >= 0.3 is 0 Å². The van der Waals surface area contributed by atoms with Crippen molar-refractivity contribution in [2.24, 2.45) is 5.73 Å². The van der Waals surface area contributed by atoms with Gasteiger partial charge < -0.3 is 5.73 Å². The van der Waals surface area contributed by atoms with E-state index in [1.165, 1.54) is 10.7 Å². The van der Waals surface area contributed by atoms with Crippen LogP contribution in [0.4, 0.5) is 8.78 Å². The number of nitrogens with two attached hydrogens (primary N) is 1. The molecule has 1 aromatic carbocycles. The summed E-state index contributed by atoms with van der Waals surface area (Å²) in [5, 5.41) is 10.9. The lowest BCUT2D eigenvalue weighted by Crippen LogP contribution is -2.12. The van der Waals surface area contributed by atoms with Crippen molar-refractivity contribution in [1.29, 1.82) is 0 Å². The van der Waals surface area contributed by atoms with Crippen LogP contribution in [0.15, 0.2) is 18.2 Å². The van der Waals surface area contributed by atoms with Crippen molar-refractivity contribution < 1.29 is 8.78 Å². The first-order valence-electron chi connectivity index (χ1n) is 4.64. The highest BCUT2D eigenvalue weighted by Crippen LogP contribution is 2.18. The minimum Gasteiger partial charge on any atom is -0.329 e. The molecule has 7 heteroatoms. The van der Waals surface area contributed by atoms with Crippen LogP contribution in [0.25, 0.3) is 11.4 Å². The normalized spacial score (nSPS) is 10.7. The van der Waals surface area contributed by atoms with Crippen molar-refractivity contribution in [3.63, 3.8) is 0 Å². The lowest BCUT2D eigenvalue weighted by atomic mass is 10.2. The molecule has 0 bridgehead atoms. The van der Waals surface area contributed by atoms with Crippen molar-refractivity contribution in [3.05, 3.63) is 29.8 Å². The lowest BCUT2D eigenvalue weighted by Gasteiger charge is -2.02. The zero-order chi connectivity index (χ0) is 11.5. The molecule has 0 unspecified atom stereocenters. The number of rotatable bonds is 3. The van der Waals surface area contributed by atoms with Gasteiger partial charge in [-0.2, -0.15) is 0 Å². The van der Waals surface area contributed by atoms with Gasteiger partial charge in [-0.05, 0) is 28.6 Å².